The normalized spacial score (nSPS) is 11.1. The lowest BCUT2D eigenvalue weighted by Crippen LogP contribution is -2.27. The van der Waals surface area contributed by atoms with Gasteiger partial charge in [-0.15, -0.1) is 0 Å². The Bertz CT molecular complexity index is 1050. The Morgan fingerprint density at radius 3 is 1.62 bits per heavy atom. The first-order chi connectivity index (χ1) is 17.1. The summed E-state index contributed by atoms with van der Waals surface area (Å²) in [7, 11) is 0. The van der Waals surface area contributed by atoms with E-state index in [2.05, 4.69) is 38.8 Å². The number of benzene rings is 2. The number of hydrogen-bond donors (Lipinski definition) is 0. The van der Waals surface area contributed by atoms with Crippen LogP contribution in [-0.2, 0) is 25.5 Å². The summed E-state index contributed by atoms with van der Waals surface area (Å²) in [5.74, 6) is 0.350. The van der Waals surface area contributed by atoms with Crippen molar-refractivity contribution in [2.45, 2.75) is 72.5 Å². The van der Waals surface area contributed by atoms with Crippen molar-refractivity contribution in [1.82, 2.24) is 0 Å². The van der Waals surface area contributed by atoms with Crippen LogP contribution in [0.1, 0.15) is 70.8 Å². The highest BCUT2D eigenvalue weighted by atomic mass is 79.9. The summed E-state index contributed by atoms with van der Waals surface area (Å²) in [6.07, 6.45) is 2.87. The van der Waals surface area contributed by atoms with Gasteiger partial charge >= 0.3 is 11.9 Å². The number of hydrogen-bond acceptors (Lipinski definition) is 7. The second-order valence-electron chi connectivity index (χ2n) is 10.1. The van der Waals surface area contributed by atoms with Crippen LogP contribution in [0.25, 0.3) is 0 Å². The van der Waals surface area contributed by atoms with Gasteiger partial charge in [-0.3, -0.25) is 4.79 Å². The molecule has 0 heterocycles. The first-order valence-corrected chi connectivity index (χ1v) is 13.4. The number of carbonyl (C=O) groups is 3. The molecule has 0 aliphatic rings. The SMILES string of the molecule is CC(C)(C)OC(=O)COc1ccc(C=O)cc1Br.CCCc1ccc(OCC(=O)OC(C)(C)C)c(Br)c1. The summed E-state index contributed by atoms with van der Waals surface area (Å²) < 4.78 is 22.5. The average Bonchev–Trinajstić information content (AvgIpc) is 2.76. The van der Waals surface area contributed by atoms with Crippen molar-refractivity contribution < 1.29 is 33.3 Å². The van der Waals surface area contributed by atoms with Crippen LogP contribution in [0.4, 0.5) is 0 Å². The van der Waals surface area contributed by atoms with Crippen molar-refractivity contribution in [3.8, 4) is 11.5 Å². The van der Waals surface area contributed by atoms with Crippen LogP contribution in [0.2, 0.25) is 0 Å². The maximum absolute atomic E-state index is 11.6. The van der Waals surface area contributed by atoms with Gasteiger partial charge in [0.25, 0.3) is 0 Å². The van der Waals surface area contributed by atoms with Crippen molar-refractivity contribution in [3.05, 3.63) is 56.5 Å². The molecule has 2 aromatic rings. The molecule has 9 heteroatoms. The third kappa shape index (κ3) is 14.2. The van der Waals surface area contributed by atoms with Crippen LogP contribution in [-0.4, -0.2) is 42.6 Å². The van der Waals surface area contributed by atoms with Gasteiger partial charge in [0.1, 0.15) is 29.0 Å². The van der Waals surface area contributed by atoms with E-state index in [1.807, 2.05) is 39.0 Å². The molecule has 37 heavy (non-hydrogen) atoms. The van der Waals surface area contributed by atoms with Crippen molar-refractivity contribution >= 4 is 50.1 Å². The number of aryl methyl sites for hydroxylation is 1. The maximum Gasteiger partial charge on any atom is 0.344 e. The Morgan fingerprint density at radius 2 is 1.24 bits per heavy atom. The van der Waals surface area contributed by atoms with E-state index < -0.39 is 17.2 Å². The van der Waals surface area contributed by atoms with E-state index in [9.17, 15) is 14.4 Å². The molecule has 0 aromatic heterocycles. The molecular weight excluding hydrogens is 608 g/mol. The number of ether oxygens (including phenoxy) is 4. The van der Waals surface area contributed by atoms with Gasteiger partial charge in [-0.25, -0.2) is 9.59 Å². The second kappa shape index (κ2) is 15.1. The zero-order valence-corrected chi connectivity index (χ0v) is 25.7. The summed E-state index contributed by atoms with van der Waals surface area (Å²) in [5, 5.41) is 0. The molecular formula is C28H36Br2O7. The Hall–Kier alpha value is -2.39. The first-order valence-electron chi connectivity index (χ1n) is 11.9. The van der Waals surface area contributed by atoms with Crippen LogP contribution in [0.15, 0.2) is 45.3 Å². The van der Waals surface area contributed by atoms with Crippen molar-refractivity contribution in [2.75, 3.05) is 13.2 Å². The molecule has 204 valence electrons. The molecule has 0 radical (unpaired) electrons. The summed E-state index contributed by atoms with van der Waals surface area (Å²) in [4.78, 5) is 33.6. The van der Waals surface area contributed by atoms with Gasteiger partial charge < -0.3 is 18.9 Å². The highest BCUT2D eigenvalue weighted by Gasteiger charge is 2.18. The zero-order chi connectivity index (χ0) is 28.2. The Balaban J connectivity index is 0.000000371. The van der Waals surface area contributed by atoms with E-state index in [1.54, 1.807) is 39.0 Å². The van der Waals surface area contributed by atoms with Gasteiger partial charge in [-0.05, 0) is 116 Å². The van der Waals surface area contributed by atoms with Gasteiger partial charge in [0.2, 0.25) is 0 Å². The third-order valence-corrected chi connectivity index (χ3v) is 5.40. The number of rotatable bonds is 9. The van der Waals surface area contributed by atoms with Gasteiger partial charge in [0.15, 0.2) is 13.2 Å². The molecule has 0 saturated carbocycles. The van der Waals surface area contributed by atoms with Gasteiger partial charge in [-0.1, -0.05) is 19.4 Å². The Labute approximate surface area is 236 Å². The summed E-state index contributed by atoms with van der Waals surface area (Å²) in [6, 6.07) is 10.8. The number of esters is 2. The summed E-state index contributed by atoms with van der Waals surface area (Å²) in [6.45, 7) is 12.8. The molecule has 0 saturated heterocycles. The zero-order valence-electron chi connectivity index (χ0n) is 22.5. The van der Waals surface area contributed by atoms with Gasteiger partial charge in [0.05, 0.1) is 8.95 Å². The molecule has 2 rings (SSSR count). The highest BCUT2D eigenvalue weighted by molar-refractivity contribution is 9.10. The van der Waals surface area contributed by atoms with Gasteiger partial charge in [0, 0.05) is 5.56 Å². The van der Waals surface area contributed by atoms with Crippen LogP contribution in [0, 0.1) is 0 Å². The predicted octanol–water partition coefficient (Wildman–Crippen LogP) is 7.10. The Morgan fingerprint density at radius 1 is 0.784 bits per heavy atom. The molecule has 0 aliphatic heterocycles. The lowest BCUT2D eigenvalue weighted by molar-refractivity contribution is -0.158. The molecule has 7 nitrogen and oxygen atoms in total. The molecule has 0 bridgehead atoms. The fourth-order valence-electron chi connectivity index (χ4n) is 2.83. The second-order valence-corrected chi connectivity index (χ2v) is 11.8. The van der Waals surface area contributed by atoms with Crippen LogP contribution >= 0.6 is 31.9 Å². The smallest absolute Gasteiger partial charge is 0.344 e. The Kier molecular flexibility index (Phi) is 13.3. The molecule has 0 atom stereocenters. The number of aldehydes is 1. The molecule has 0 N–H and O–H groups in total. The molecule has 0 fully saturated rings. The van der Waals surface area contributed by atoms with E-state index in [0.29, 0.717) is 21.5 Å². The molecule has 2 aromatic carbocycles. The molecule has 0 aliphatic carbocycles. The maximum atomic E-state index is 11.6. The van der Waals surface area contributed by atoms with E-state index in [1.165, 1.54) is 5.56 Å². The van der Waals surface area contributed by atoms with Crippen LogP contribution in [0.5, 0.6) is 11.5 Å². The van der Waals surface area contributed by atoms with E-state index >= 15 is 0 Å². The third-order valence-electron chi connectivity index (χ3n) is 4.16. The van der Waals surface area contributed by atoms with Crippen molar-refractivity contribution in [2.24, 2.45) is 0 Å². The summed E-state index contributed by atoms with van der Waals surface area (Å²) in [5.41, 5.74) is 0.771. The molecule has 0 spiro atoms. The topological polar surface area (TPSA) is 88.1 Å². The van der Waals surface area contributed by atoms with Crippen molar-refractivity contribution in [3.63, 3.8) is 0 Å². The summed E-state index contributed by atoms with van der Waals surface area (Å²) >= 11 is 6.71. The van der Waals surface area contributed by atoms with E-state index in [0.717, 1.165) is 23.6 Å². The lowest BCUT2D eigenvalue weighted by Gasteiger charge is -2.19. The fourth-order valence-corrected chi connectivity index (χ4v) is 3.88. The fraction of sp³-hybridized carbons (Fsp3) is 0.464. The van der Waals surface area contributed by atoms with E-state index in [4.69, 9.17) is 18.9 Å². The van der Waals surface area contributed by atoms with Crippen LogP contribution in [0.3, 0.4) is 0 Å². The highest BCUT2D eigenvalue weighted by Crippen LogP contribution is 2.27. The standard InChI is InChI=1S/C15H21BrO3.C13H15BrO4/c1-5-6-11-7-8-13(12(16)9-11)18-10-14(17)19-15(2,3)4;1-13(2,3)18-12(16)8-17-11-5-4-9(7-15)6-10(11)14/h7-9H,5-6,10H2,1-4H3;4-7H,8H2,1-3H3. The van der Waals surface area contributed by atoms with Crippen LogP contribution < -0.4 is 9.47 Å². The minimum Gasteiger partial charge on any atom is -0.481 e. The minimum absolute atomic E-state index is 0.0804. The molecule has 0 amide bonds. The average molecular weight is 644 g/mol. The van der Waals surface area contributed by atoms with Crippen molar-refractivity contribution in [1.29, 1.82) is 0 Å². The quantitative estimate of drug-likeness (QED) is 0.213. The monoisotopic (exact) mass is 642 g/mol. The molecule has 0 unspecified atom stereocenters. The first kappa shape index (κ1) is 32.6. The number of halogens is 2. The van der Waals surface area contributed by atoms with Gasteiger partial charge in [-0.2, -0.15) is 0 Å². The predicted molar refractivity (Wildman–Crippen MR) is 150 cm³/mol. The van der Waals surface area contributed by atoms with E-state index in [-0.39, 0.29) is 19.2 Å². The minimum atomic E-state index is -0.529. The largest absolute Gasteiger partial charge is 0.481 e. The number of carbonyl (C=O) groups excluding carboxylic acids is 3. The lowest BCUT2D eigenvalue weighted by atomic mass is 10.1.